The fourth-order valence-corrected chi connectivity index (χ4v) is 3.69. The number of rotatable bonds is 8. The van der Waals surface area contributed by atoms with Crippen LogP contribution in [0.3, 0.4) is 0 Å². The van der Waals surface area contributed by atoms with Crippen LogP contribution in [-0.2, 0) is 11.3 Å². The molecule has 30 heavy (non-hydrogen) atoms. The zero-order valence-electron chi connectivity index (χ0n) is 16.7. The molecule has 156 valence electrons. The number of carbonyl (C=O) groups is 2. The Bertz CT molecular complexity index is 1000. The molecule has 0 saturated heterocycles. The van der Waals surface area contributed by atoms with E-state index in [-0.39, 0.29) is 18.4 Å². The van der Waals surface area contributed by atoms with E-state index in [0.29, 0.717) is 23.8 Å². The summed E-state index contributed by atoms with van der Waals surface area (Å²) in [7, 11) is 1.61. The average molecular weight is 444 g/mol. The van der Waals surface area contributed by atoms with Gasteiger partial charge in [0.1, 0.15) is 16.5 Å². The molecule has 6 nitrogen and oxygen atoms in total. The molecule has 0 spiro atoms. The van der Waals surface area contributed by atoms with Crippen LogP contribution < -0.4 is 10.1 Å². The van der Waals surface area contributed by atoms with Crippen molar-refractivity contribution in [2.24, 2.45) is 0 Å². The van der Waals surface area contributed by atoms with Gasteiger partial charge in [-0.2, -0.15) is 0 Å². The first-order valence-corrected chi connectivity index (χ1v) is 10.7. The molecule has 0 aliphatic rings. The normalized spacial score (nSPS) is 10.5. The minimum Gasteiger partial charge on any atom is -0.497 e. The second-order valence-corrected chi connectivity index (χ2v) is 7.78. The number of benzene rings is 2. The van der Waals surface area contributed by atoms with Crippen LogP contribution in [0.4, 0.5) is 0 Å². The van der Waals surface area contributed by atoms with Gasteiger partial charge in [0.15, 0.2) is 0 Å². The van der Waals surface area contributed by atoms with Crippen molar-refractivity contribution >= 4 is 34.8 Å². The van der Waals surface area contributed by atoms with Crippen molar-refractivity contribution in [2.75, 3.05) is 20.2 Å². The van der Waals surface area contributed by atoms with Crippen molar-refractivity contribution in [1.82, 2.24) is 15.2 Å². The fraction of sp³-hybridized carbons (Fsp3) is 0.227. The highest BCUT2D eigenvalue weighted by molar-refractivity contribution is 7.13. The van der Waals surface area contributed by atoms with Gasteiger partial charge >= 0.3 is 0 Å². The third kappa shape index (κ3) is 5.58. The molecule has 0 atom stereocenters. The third-order valence-electron chi connectivity index (χ3n) is 4.47. The standard InChI is InChI=1S/C22H22ClN3O3S/c1-3-26(13-20(27)24-12-15-4-8-17(23)9-5-15)22(28)19-14-30-21(25-19)16-6-10-18(29-2)11-7-16/h4-11,14H,3,12-13H2,1-2H3,(H,24,27). The Morgan fingerprint density at radius 3 is 2.47 bits per heavy atom. The Morgan fingerprint density at radius 2 is 1.83 bits per heavy atom. The minimum atomic E-state index is -0.268. The predicted octanol–water partition coefficient (Wildman–Crippen LogP) is 4.25. The van der Waals surface area contributed by atoms with Gasteiger partial charge in [-0.05, 0) is 48.9 Å². The Kier molecular flexibility index (Phi) is 7.43. The van der Waals surface area contributed by atoms with E-state index < -0.39 is 0 Å². The lowest BCUT2D eigenvalue weighted by atomic mass is 10.2. The maximum Gasteiger partial charge on any atom is 0.273 e. The van der Waals surface area contributed by atoms with Crippen molar-refractivity contribution in [3.8, 4) is 16.3 Å². The lowest BCUT2D eigenvalue weighted by Crippen LogP contribution is -2.40. The molecule has 0 radical (unpaired) electrons. The number of amides is 2. The number of nitrogens with one attached hydrogen (secondary N) is 1. The highest BCUT2D eigenvalue weighted by Gasteiger charge is 2.20. The lowest BCUT2D eigenvalue weighted by molar-refractivity contribution is -0.121. The smallest absolute Gasteiger partial charge is 0.273 e. The van der Waals surface area contributed by atoms with E-state index in [0.717, 1.165) is 21.9 Å². The van der Waals surface area contributed by atoms with Crippen LogP contribution in [0.2, 0.25) is 5.02 Å². The van der Waals surface area contributed by atoms with Gasteiger partial charge in [-0.1, -0.05) is 23.7 Å². The molecule has 2 amide bonds. The van der Waals surface area contributed by atoms with Gasteiger partial charge in [-0.15, -0.1) is 11.3 Å². The summed E-state index contributed by atoms with van der Waals surface area (Å²) in [5.74, 6) is 0.259. The fourth-order valence-electron chi connectivity index (χ4n) is 2.76. The van der Waals surface area contributed by atoms with Gasteiger partial charge in [0, 0.05) is 29.1 Å². The number of methoxy groups -OCH3 is 1. The van der Waals surface area contributed by atoms with Gasteiger partial charge in [0.2, 0.25) is 5.91 Å². The van der Waals surface area contributed by atoms with Crippen LogP contribution in [0.15, 0.2) is 53.9 Å². The molecule has 0 aliphatic carbocycles. The molecule has 2 aromatic carbocycles. The molecule has 0 fully saturated rings. The zero-order valence-corrected chi connectivity index (χ0v) is 18.3. The van der Waals surface area contributed by atoms with E-state index in [2.05, 4.69) is 10.3 Å². The number of nitrogens with zero attached hydrogens (tertiary/aromatic N) is 2. The number of aromatic nitrogens is 1. The summed E-state index contributed by atoms with van der Waals surface area (Å²) in [6.45, 7) is 2.59. The van der Waals surface area contributed by atoms with Crippen LogP contribution in [-0.4, -0.2) is 41.9 Å². The van der Waals surface area contributed by atoms with Crippen LogP contribution in [0.25, 0.3) is 10.6 Å². The number of halogens is 1. The summed E-state index contributed by atoms with van der Waals surface area (Å²) >= 11 is 7.26. The molecule has 8 heteroatoms. The van der Waals surface area contributed by atoms with Gasteiger partial charge in [-0.3, -0.25) is 9.59 Å². The van der Waals surface area contributed by atoms with Crippen molar-refractivity contribution in [1.29, 1.82) is 0 Å². The summed E-state index contributed by atoms with van der Waals surface area (Å²) in [6, 6.07) is 14.7. The molecular formula is C22H22ClN3O3S. The van der Waals surface area contributed by atoms with Crippen molar-refractivity contribution in [3.05, 3.63) is 70.2 Å². The number of carbonyl (C=O) groups excluding carboxylic acids is 2. The van der Waals surface area contributed by atoms with Crippen molar-refractivity contribution < 1.29 is 14.3 Å². The number of ether oxygens (including phenoxy) is 1. The topological polar surface area (TPSA) is 71.5 Å². The van der Waals surface area contributed by atoms with Gasteiger partial charge < -0.3 is 15.0 Å². The summed E-state index contributed by atoms with van der Waals surface area (Å²) in [5, 5.41) is 5.93. The van der Waals surface area contributed by atoms with Crippen LogP contribution in [0, 0.1) is 0 Å². The van der Waals surface area contributed by atoms with Gasteiger partial charge in [0.05, 0.1) is 13.7 Å². The van der Waals surface area contributed by atoms with E-state index in [9.17, 15) is 9.59 Å². The Hall–Kier alpha value is -2.90. The van der Waals surface area contributed by atoms with E-state index in [4.69, 9.17) is 16.3 Å². The first kappa shape index (κ1) is 21.8. The van der Waals surface area contributed by atoms with Crippen LogP contribution >= 0.6 is 22.9 Å². The molecule has 0 saturated carbocycles. The number of thiazole rings is 1. The Morgan fingerprint density at radius 1 is 1.13 bits per heavy atom. The third-order valence-corrected chi connectivity index (χ3v) is 5.61. The first-order chi connectivity index (χ1) is 14.5. The Balaban J connectivity index is 1.60. The summed E-state index contributed by atoms with van der Waals surface area (Å²) < 4.78 is 5.16. The van der Waals surface area contributed by atoms with Gasteiger partial charge in [-0.25, -0.2) is 4.98 Å². The van der Waals surface area contributed by atoms with Crippen LogP contribution in [0.1, 0.15) is 23.0 Å². The second-order valence-electron chi connectivity index (χ2n) is 6.49. The van der Waals surface area contributed by atoms with E-state index in [1.807, 2.05) is 43.3 Å². The highest BCUT2D eigenvalue weighted by Crippen LogP contribution is 2.26. The van der Waals surface area contributed by atoms with Crippen LogP contribution in [0.5, 0.6) is 5.75 Å². The monoisotopic (exact) mass is 443 g/mol. The van der Waals surface area contributed by atoms with E-state index >= 15 is 0 Å². The second kappa shape index (κ2) is 10.2. The largest absolute Gasteiger partial charge is 0.497 e. The first-order valence-electron chi connectivity index (χ1n) is 9.40. The maximum atomic E-state index is 12.8. The SMILES string of the molecule is CCN(CC(=O)NCc1ccc(Cl)cc1)C(=O)c1csc(-c2ccc(OC)cc2)n1. The predicted molar refractivity (Wildman–Crippen MR) is 119 cm³/mol. The number of hydrogen-bond donors (Lipinski definition) is 1. The summed E-state index contributed by atoms with van der Waals surface area (Å²) in [5.41, 5.74) is 2.17. The summed E-state index contributed by atoms with van der Waals surface area (Å²) in [4.78, 5) is 31.1. The molecular weight excluding hydrogens is 422 g/mol. The van der Waals surface area contributed by atoms with E-state index in [1.54, 1.807) is 24.6 Å². The average Bonchev–Trinajstić information content (AvgIpc) is 3.27. The quantitative estimate of drug-likeness (QED) is 0.565. The zero-order chi connectivity index (χ0) is 21.5. The number of hydrogen-bond acceptors (Lipinski definition) is 5. The molecule has 3 aromatic rings. The van der Waals surface area contributed by atoms with Crippen molar-refractivity contribution in [3.63, 3.8) is 0 Å². The summed E-state index contributed by atoms with van der Waals surface area (Å²) in [6.07, 6.45) is 0. The maximum absolute atomic E-state index is 12.8. The van der Waals surface area contributed by atoms with Crippen molar-refractivity contribution in [2.45, 2.75) is 13.5 Å². The molecule has 0 unspecified atom stereocenters. The molecule has 1 aromatic heterocycles. The highest BCUT2D eigenvalue weighted by atomic mass is 35.5. The van der Waals surface area contributed by atoms with E-state index in [1.165, 1.54) is 16.2 Å². The molecule has 1 N–H and O–H groups in total. The molecule has 0 aliphatic heterocycles. The molecule has 1 heterocycles. The molecule has 3 rings (SSSR count). The Labute approximate surface area is 184 Å². The number of likely N-dealkylation sites (N-methyl/N-ethyl adjacent to an activating group) is 1. The minimum absolute atomic E-state index is 0.0294. The molecule has 0 bridgehead atoms. The van der Waals surface area contributed by atoms with Gasteiger partial charge in [0.25, 0.3) is 5.91 Å². The lowest BCUT2D eigenvalue weighted by Gasteiger charge is -2.19.